The molecule has 1 aromatic rings. The van der Waals surface area contributed by atoms with Crippen LogP contribution in [0.25, 0.3) is 0 Å². The summed E-state index contributed by atoms with van der Waals surface area (Å²) in [4.78, 5) is 23.5. The number of carboxylic acids is 2. The van der Waals surface area contributed by atoms with Crippen LogP contribution < -0.4 is 0 Å². The predicted molar refractivity (Wildman–Crippen MR) is 75.5 cm³/mol. The summed E-state index contributed by atoms with van der Waals surface area (Å²) in [6.45, 7) is 3.52. The van der Waals surface area contributed by atoms with Gasteiger partial charge in [-0.3, -0.25) is 14.5 Å². The summed E-state index contributed by atoms with van der Waals surface area (Å²) >= 11 is 0. The fourth-order valence-corrected chi connectivity index (χ4v) is 2.24. The zero-order chi connectivity index (χ0) is 15.1. The van der Waals surface area contributed by atoms with Crippen LogP contribution in [-0.4, -0.2) is 40.1 Å². The molecule has 0 saturated carbocycles. The molecule has 0 spiro atoms. The maximum Gasteiger partial charge on any atom is 0.317 e. The van der Waals surface area contributed by atoms with Gasteiger partial charge in [-0.1, -0.05) is 44.2 Å². The highest BCUT2D eigenvalue weighted by molar-refractivity contribution is 5.72. The van der Waals surface area contributed by atoms with Crippen molar-refractivity contribution in [3.05, 3.63) is 35.9 Å². The molecule has 0 amide bonds. The van der Waals surface area contributed by atoms with Crippen LogP contribution in [-0.2, 0) is 9.59 Å². The van der Waals surface area contributed by atoms with Crippen LogP contribution >= 0.6 is 0 Å². The van der Waals surface area contributed by atoms with Crippen LogP contribution in [0.5, 0.6) is 0 Å². The molecule has 1 rings (SSSR count). The van der Waals surface area contributed by atoms with E-state index >= 15 is 0 Å². The second-order valence-corrected chi connectivity index (χ2v) is 5.25. The van der Waals surface area contributed by atoms with Gasteiger partial charge in [0, 0.05) is 6.04 Å². The Morgan fingerprint density at radius 2 is 1.55 bits per heavy atom. The number of nitrogens with zero attached hydrogens (tertiary/aromatic N) is 1. The van der Waals surface area contributed by atoms with Gasteiger partial charge >= 0.3 is 11.9 Å². The van der Waals surface area contributed by atoms with Gasteiger partial charge in [-0.2, -0.15) is 0 Å². The molecule has 2 N–H and O–H groups in total. The minimum atomic E-state index is -1.02. The zero-order valence-corrected chi connectivity index (χ0v) is 11.8. The lowest BCUT2D eigenvalue weighted by Gasteiger charge is -2.30. The van der Waals surface area contributed by atoms with Crippen LogP contribution in [0.15, 0.2) is 30.3 Å². The Morgan fingerprint density at radius 1 is 1.05 bits per heavy atom. The normalized spacial score (nSPS) is 12.6. The van der Waals surface area contributed by atoms with Crippen LogP contribution in [0.1, 0.15) is 31.9 Å². The molecule has 1 aromatic carbocycles. The lowest BCUT2D eigenvalue weighted by atomic mass is 9.95. The van der Waals surface area contributed by atoms with Crippen LogP contribution in [0, 0.1) is 5.92 Å². The third kappa shape index (κ3) is 5.40. The van der Waals surface area contributed by atoms with E-state index in [1.54, 1.807) is 0 Å². The van der Waals surface area contributed by atoms with Crippen molar-refractivity contribution in [3.63, 3.8) is 0 Å². The summed E-state index contributed by atoms with van der Waals surface area (Å²) in [5.41, 5.74) is 0.948. The van der Waals surface area contributed by atoms with E-state index in [0.29, 0.717) is 12.3 Å². The molecular formula is C15H21NO4. The van der Waals surface area contributed by atoms with Crippen molar-refractivity contribution in [2.45, 2.75) is 26.3 Å². The van der Waals surface area contributed by atoms with Gasteiger partial charge in [0.05, 0.1) is 13.1 Å². The molecule has 0 aliphatic carbocycles. The maximum atomic E-state index is 11.0. The first-order valence-electron chi connectivity index (χ1n) is 6.62. The number of carboxylic acid groups (broad SMARTS) is 2. The topological polar surface area (TPSA) is 77.8 Å². The molecule has 0 fully saturated rings. The van der Waals surface area contributed by atoms with Crippen molar-refractivity contribution in [1.82, 2.24) is 4.90 Å². The molecule has 0 aliphatic heterocycles. The largest absolute Gasteiger partial charge is 0.480 e. The van der Waals surface area contributed by atoms with E-state index in [-0.39, 0.29) is 19.1 Å². The summed E-state index contributed by atoms with van der Waals surface area (Å²) in [5, 5.41) is 18.0. The lowest BCUT2D eigenvalue weighted by molar-refractivity contribution is -0.143. The molecule has 0 saturated heterocycles. The number of rotatable bonds is 8. The van der Waals surface area contributed by atoms with Crippen molar-refractivity contribution in [2.24, 2.45) is 5.92 Å². The quantitative estimate of drug-likeness (QED) is 0.763. The van der Waals surface area contributed by atoms with Gasteiger partial charge in [0.2, 0.25) is 0 Å². The van der Waals surface area contributed by atoms with E-state index in [2.05, 4.69) is 0 Å². The highest BCUT2D eigenvalue weighted by Gasteiger charge is 2.25. The Kier molecular flexibility index (Phi) is 6.18. The first-order chi connectivity index (χ1) is 9.40. The Balaban J connectivity index is 3.03. The van der Waals surface area contributed by atoms with E-state index in [9.17, 15) is 9.59 Å². The molecule has 0 bridgehead atoms. The van der Waals surface area contributed by atoms with Gasteiger partial charge in [0.15, 0.2) is 0 Å². The van der Waals surface area contributed by atoms with Crippen molar-refractivity contribution >= 4 is 11.9 Å². The zero-order valence-electron chi connectivity index (χ0n) is 11.8. The van der Waals surface area contributed by atoms with Crippen LogP contribution in [0.4, 0.5) is 0 Å². The monoisotopic (exact) mass is 279 g/mol. The summed E-state index contributed by atoms with van der Waals surface area (Å²) in [5.74, 6) is -1.70. The minimum absolute atomic E-state index is 0.205. The summed E-state index contributed by atoms with van der Waals surface area (Å²) in [6.07, 6.45) is 0.713. The van der Waals surface area contributed by atoms with Crippen molar-refractivity contribution in [1.29, 1.82) is 0 Å². The smallest absolute Gasteiger partial charge is 0.317 e. The molecule has 5 heteroatoms. The number of carbonyl (C=O) groups is 2. The lowest BCUT2D eigenvalue weighted by Crippen LogP contribution is -2.38. The summed E-state index contributed by atoms with van der Waals surface area (Å²) in [7, 11) is 0. The van der Waals surface area contributed by atoms with Gasteiger partial charge in [-0.15, -0.1) is 0 Å². The third-order valence-electron chi connectivity index (χ3n) is 3.00. The first-order valence-corrected chi connectivity index (χ1v) is 6.62. The van der Waals surface area contributed by atoms with E-state index in [1.807, 2.05) is 44.2 Å². The molecule has 1 unspecified atom stereocenters. The van der Waals surface area contributed by atoms with E-state index in [0.717, 1.165) is 5.56 Å². The van der Waals surface area contributed by atoms with Gasteiger partial charge in [0.25, 0.3) is 0 Å². The van der Waals surface area contributed by atoms with E-state index in [1.165, 1.54) is 4.90 Å². The molecule has 5 nitrogen and oxygen atoms in total. The molecule has 1 atom stereocenters. The Morgan fingerprint density at radius 3 is 1.95 bits per heavy atom. The average molecular weight is 279 g/mol. The fraction of sp³-hybridized carbons (Fsp3) is 0.467. The van der Waals surface area contributed by atoms with Crippen molar-refractivity contribution < 1.29 is 19.8 Å². The van der Waals surface area contributed by atoms with Crippen molar-refractivity contribution in [3.8, 4) is 0 Å². The molecular weight excluding hydrogens is 258 g/mol. The van der Waals surface area contributed by atoms with Gasteiger partial charge in [-0.25, -0.2) is 0 Å². The van der Waals surface area contributed by atoms with Gasteiger partial charge in [-0.05, 0) is 17.9 Å². The second-order valence-electron chi connectivity index (χ2n) is 5.25. The Labute approximate surface area is 118 Å². The summed E-state index contributed by atoms with van der Waals surface area (Å²) in [6, 6.07) is 9.25. The van der Waals surface area contributed by atoms with Crippen LogP contribution in [0.3, 0.4) is 0 Å². The third-order valence-corrected chi connectivity index (χ3v) is 3.00. The molecule has 0 aromatic heterocycles. The SMILES string of the molecule is CC(C)CC(c1ccccc1)N(CC(=O)O)CC(=O)O. The van der Waals surface area contributed by atoms with Gasteiger partial charge < -0.3 is 10.2 Å². The summed E-state index contributed by atoms with van der Waals surface area (Å²) < 4.78 is 0. The Hall–Kier alpha value is -1.88. The number of hydrogen-bond donors (Lipinski definition) is 2. The number of benzene rings is 1. The number of hydrogen-bond acceptors (Lipinski definition) is 3. The van der Waals surface area contributed by atoms with E-state index < -0.39 is 11.9 Å². The fourth-order valence-electron chi connectivity index (χ4n) is 2.24. The number of aliphatic carboxylic acids is 2. The molecule has 0 heterocycles. The van der Waals surface area contributed by atoms with Crippen molar-refractivity contribution in [2.75, 3.05) is 13.1 Å². The Bertz CT molecular complexity index is 428. The van der Waals surface area contributed by atoms with Gasteiger partial charge in [0.1, 0.15) is 0 Å². The highest BCUT2D eigenvalue weighted by atomic mass is 16.4. The van der Waals surface area contributed by atoms with Crippen LogP contribution in [0.2, 0.25) is 0 Å². The average Bonchev–Trinajstić information content (AvgIpc) is 2.35. The standard InChI is InChI=1S/C15H21NO4/c1-11(2)8-13(12-6-4-3-5-7-12)16(9-14(17)18)10-15(19)20/h3-7,11,13H,8-10H2,1-2H3,(H,17,18)(H,19,20). The molecule has 0 aliphatic rings. The molecule has 20 heavy (non-hydrogen) atoms. The first kappa shape index (κ1) is 16.2. The van der Waals surface area contributed by atoms with E-state index in [4.69, 9.17) is 10.2 Å². The predicted octanol–water partition coefficient (Wildman–Crippen LogP) is 2.24. The highest BCUT2D eigenvalue weighted by Crippen LogP contribution is 2.27. The molecule has 0 radical (unpaired) electrons. The molecule has 110 valence electrons. The second kappa shape index (κ2) is 7.65. The maximum absolute atomic E-state index is 11.0. The minimum Gasteiger partial charge on any atom is -0.480 e.